The number of hydrogen-bond donors (Lipinski definition) is 1. The van der Waals surface area contributed by atoms with Crippen LogP contribution in [0.2, 0.25) is 0 Å². The van der Waals surface area contributed by atoms with Gasteiger partial charge in [0.2, 0.25) is 5.91 Å². The quantitative estimate of drug-likeness (QED) is 0.732. The Bertz CT molecular complexity index is 819. The van der Waals surface area contributed by atoms with Crippen molar-refractivity contribution < 1.29 is 9.59 Å². The summed E-state index contributed by atoms with van der Waals surface area (Å²) in [6, 6.07) is 15.6. The van der Waals surface area contributed by atoms with E-state index in [4.69, 9.17) is 0 Å². The summed E-state index contributed by atoms with van der Waals surface area (Å²) in [5.41, 5.74) is 2.88. The molecule has 0 spiro atoms. The van der Waals surface area contributed by atoms with Crippen LogP contribution in [0.3, 0.4) is 0 Å². The Hall–Kier alpha value is -2.27. The Morgan fingerprint density at radius 1 is 1.11 bits per heavy atom. The van der Waals surface area contributed by atoms with E-state index in [0.717, 1.165) is 30.0 Å². The minimum Gasteiger partial charge on any atom is -0.352 e. The van der Waals surface area contributed by atoms with Gasteiger partial charge in [-0.15, -0.1) is 11.8 Å². The number of para-hydroxylation sites is 1. The Balaban J connectivity index is 1.61. The lowest BCUT2D eigenvalue weighted by Gasteiger charge is -2.17. The molecule has 3 rings (SSSR count). The molecule has 2 aromatic rings. The van der Waals surface area contributed by atoms with E-state index in [0.29, 0.717) is 23.8 Å². The molecule has 2 amide bonds. The number of benzene rings is 2. The van der Waals surface area contributed by atoms with Crippen LogP contribution >= 0.6 is 11.8 Å². The number of carbonyl (C=O) groups excluding carboxylic acids is 2. The predicted octanol–water partition coefficient (Wildman–Crippen LogP) is 4.14. The van der Waals surface area contributed by atoms with E-state index >= 15 is 0 Å². The lowest BCUT2D eigenvalue weighted by atomic mass is 10.1. The zero-order chi connectivity index (χ0) is 19.2. The molecule has 0 fully saturated rings. The molecule has 1 heterocycles. The Labute approximate surface area is 165 Å². The lowest BCUT2D eigenvalue weighted by molar-refractivity contribution is -0.116. The zero-order valence-electron chi connectivity index (χ0n) is 15.9. The van der Waals surface area contributed by atoms with Gasteiger partial charge >= 0.3 is 0 Å². The first-order valence-electron chi connectivity index (χ1n) is 9.44. The standard InChI is InChI=1S/C22H26N2O2S/c1-16(2)11-13-23-22(26)18-8-4-6-10-20(18)27-15-21(25)24-14-12-17-7-3-5-9-19(17)24/h3-10,16H,11-15H2,1-2H3,(H,23,26). The van der Waals surface area contributed by atoms with Gasteiger partial charge in [-0.05, 0) is 42.5 Å². The van der Waals surface area contributed by atoms with Crippen molar-refractivity contribution in [2.75, 3.05) is 23.7 Å². The van der Waals surface area contributed by atoms with Crippen molar-refractivity contribution >= 4 is 29.3 Å². The van der Waals surface area contributed by atoms with Crippen molar-refractivity contribution in [3.05, 3.63) is 59.7 Å². The summed E-state index contributed by atoms with van der Waals surface area (Å²) in [6.07, 6.45) is 1.86. The van der Waals surface area contributed by atoms with Crippen molar-refractivity contribution in [2.24, 2.45) is 5.92 Å². The largest absolute Gasteiger partial charge is 0.352 e. The van der Waals surface area contributed by atoms with Crippen molar-refractivity contribution in [1.29, 1.82) is 0 Å². The van der Waals surface area contributed by atoms with E-state index in [9.17, 15) is 9.59 Å². The Kier molecular flexibility index (Phi) is 6.56. The maximum Gasteiger partial charge on any atom is 0.252 e. The number of rotatable bonds is 7. The smallest absolute Gasteiger partial charge is 0.252 e. The first-order chi connectivity index (χ1) is 13.1. The highest BCUT2D eigenvalue weighted by atomic mass is 32.2. The summed E-state index contributed by atoms with van der Waals surface area (Å²) in [7, 11) is 0. The lowest BCUT2D eigenvalue weighted by Crippen LogP contribution is -2.30. The van der Waals surface area contributed by atoms with Crippen LogP contribution in [0.25, 0.3) is 0 Å². The molecular weight excluding hydrogens is 356 g/mol. The maximum absolute atomic E-state index is 12.7. The number of nitrogens with zero attached hydrogens (tertiary/aromatic N) is 1. The zero-order valence-corrected chi connectivity index (χ0v) is 16.7. The summed E-state index contributed by atoms with van der Waals surface area (Å²) in [5.74, 6) is 0.888. The van der Waals surface area contributed by atoms with Crippen LogP contribution < -0.4 is 10.2 Å². The van der Waals surface area contributed by atoms with E-state index in [2.05, 4.69) is 25.2 Å². The van der Waals surface area contributed by atoms with Gasteiger partial charge in [-0.2, -0.15) is 0 Å². The predicted molar refractivity (Wildman–Crippen MR) is 111 cm³/mol. The Morgan fingerprint density at radius 3 is 2.67 bits per heavy atom. The first kappa shape index (κ1) is 19.5. The van der Waals surface area contributed by atoms with Crippen LogP contribution in [0, 0.1) is 5.92 Å². The number of hydrogen-bond acceptors (Lipinski definition) is 3. The average molecular weight is 383 g/mol. The van der Waals surface area contributed by atoms with Crippen LogP contribution in [0.5, 0.6) is 0 Å². The molecule has 0 unspecified atom stereocenters. The van der Waals surface area contributed by atoms with Gasteiger partial charge in [0.15, 0.2) is 0 Å². The fourth-order valence-electron chi connectivity index (χ4n) is 3.16. The third-order valence-electron chi connectivity index (χ3n) is 4.68. The fourth-order valence-corrected chi connectivity index (χ4v) is 4.09. The highest BCUT2D eigenvalue weighted by molar-refractivity contribution is 8.00. The molecule has 2 aromatic carbocycles. The summed E-state index contributed by atoms with van der Waals surface area (Å²) >= 11 is 1.43. The molecule has 1 N–H and O–H groups in total. The molecule has 5 heteroatoms. The van der Waals surface area contributed by atoms with Gasteiger partial charge in [0.05, 0.1) is 11.3 Å². The van der Waals surface area contributed by atoms with E-state index in [1.807, 2.05) is 47.4 Å². The van der Waals surface area contributed by atoms with Gasteiger partial charge in [-0.1, -0.05) is 44.2 Å². The van der Waals surface area contributed by atoms with Crippen LogP contribution in [-0.2, 0) is 11.2 Å². The van der Waals surface area contributed by atoms with E-state index in [-0.39, 0.29) is 11.8 Å². The van der Waals surface area contributed by atoms with E-state index in [1.165, 1.54) is 17.3 Å². The number of anilines is 1. The summed E-state index contributed by atoms with van der Waals surface area (Å²) in [5, 5.41) is 2.98. The van der Waals surface area contributed by atoms with Crippen molar-refractivity contribution in [1.82, 2.24) is 5.32 Å². The molecule has 0 saturated carbocycles. The molecule has 0 bridgehead atoms. The SMILES string of the molecule is CC(C)CCNC(=O)c1ccccc1SCC(=O)N1CCc2ccccc21. The van der Waals surface area contributed by atoms with E-state index < -0.39 is 0 Å². The van der Waals surface area contributed by atoms with Crippen molar-refractivity contribution in [3.63, 3.8) is 0 Å². The highest BCUT2D eigenvalue weighted by Crippen LogP contribution is 2.29. The minimum absolute atomic E-state index is 0.0716. The first-order valence-corrected chi connectivity index (χ1v) is 10.4. The molecule has 0 saturated heterocycles. The van der Waals surface area contributed by atoms with Crippen LogP contribution in [0.4, 0.5) is 5.69 Å². The van der Waals surface area contributed by atoms with Gasteiger partial charge in [-0.3, -0.25) is 9.59 Å². The minimum atomic E-state index is -0.0716. The highest BCUT2D eigenvalue weighted by Gasteiger charge is 2.24. The molecule has 0 atom stereocenters. The van der Waals surface area contributed by atoms with E-state index in [1.54, 1.807) is 0 Å². The van der Waals surface area contributed by atoms with Gasteiger partial charge in [-0.25, -0.2) is 0 Å². The number of carbonyl (C=O) groups is 2. The van der Waals surface area contributed by atoms with Crippen molar-refractivity contribution in [3.8, 4) is 0 Å². The molecule has 27 heavy (non-hydrogen) atoms. The van der Waals surface area contributed by atoms with Gasteiger partial charge in [0.25, 0.3) is 5.91 Å². The van der Waals surface area contributed by atoms with Crippen LogP contribution in [-0.4, -0.2) is 30.7 Å². The number of thioether (sulfide) groups is 1. The third-order valence-corrected chi connectivity index (χ3v) is 5.74. The topological polar surface area (TPSA) is 49.4 Å². The normalized spacial score (nSPS) is 12.9. The number of nitrogens with one attached hydrogen (secondary N) is 1. The summed E-state index contributed by atoms with van der Waals surface area (Å²) in [4.78, 5) is 27.9. The third kappa shape index (κ3) is 4.92. The monoisotopic (exact) mass is 382 g/mol. The molecule has 1 aliphatic rings. The summed E-state index contributed by atoms with van der Waals surface area (Å²) < 4.78 is 0. The molecular formula is C22H26N2O2S. The second kappa shape index (κ2) is 9.09. The van der Waals surface area contributed by atoms with Gasteiger partial charge in [0.1, 0.15) is 0 Å². The molecule has 0 radical (unpaired) electrons. The fraction of sp³-hybridized carbons (Fsp3) is 0.364. The van der Waals surface area contributed by atoms with Crippen LogP contribution in [0.15, 0.2) is 53.4 Å². The second-order valence-electron chi connectivity index (χ2n) is 7.15. The Morgan fingerprint density at radius 2 is 1.85 bits per heavy atom. The van der Waals surface area contributed by atoms with Crippen LogP contribution in [0.1, 0.15) is 36.2 Å². The van der Waals surface area contributed by atoms with Gasteiger partial charge < -0.3 is 10.2 Å². The average Bonchev–Trinajstić information content (AvgIpc) is 3.10. The summed E-state index contributed by atoms with van der Waals surface area (Å²) in [6.45, 7) is 5.67. The van der Waals surface area contributed by atoms with Crippen molar-refractivity contribution in [2.45, 2.75) is 31.6 Å². The number of amides is 2. The molecule has 0 aromatic heterocycles. The molecule has 4 nitrogen and oxygen atoms in total. The molecule has 142 valence electrons. The maximum atomic E-state index is 12.7. The molecule has 1 aliphatic heterocycles. The second-order valence-corrected chi connectivity index (χ2v) is 8.16. The molecule has 0 aliphatic carbocycles. The number of fused-ring (bicyclic) bond motifs is 1. The van der Waals surface area contributed by atoms with Gasteiger partial charge in [0, 0.05) is 23.7 Å².